The molecular weight excluding hydrogens is 332 g/mol. The molecule has 0 aliphatic carbocycles. The molecule has 4 nitrogen and oxygen atoms in total. The Bertz CT molecular complexity index is 1030. The molecule has 0 bridgehead atoms. The lowest BCUT2D eigenvalue weighted by Gasteiger charge is -2.04. The molecule has 0 atom stereocenters. The lowest BCUT2D eigenvalue weighted by molar-refractivity contribution is 0.398. The van der Waals surface area contributed by atoms with E-state index in [-0.39, 0.29) is 0 Å². The van der Waals surface area contributed by atoms with Gasteiger partial charge in [-0.3, -0.25) is 4.98 Å². The third-order valence-electron chi connectivity index (χ3n) is 4.04. The number of nitrogens with zero attached hydrogens (tertiary/aromatic N) is 2. The normalized spacial score (nSPS) is 11.0. The van der Waals surface area contributed by atoms with Gasteiger partial charge in [-0.1, -0.05) is 12.1 Å². The molecule has 25 heavy (non-hydrogen) atoms. The summed E-state index contributed by atoms with van der Waals surface area (Å²) < 4.78 is 11.4. The maximum absolute atomic E-state index is 6.16. The first kappa shape index (κ1) is 15.7. The van der Waals surface area contributed by atoms with E-state index >= 15 is 0 Å². The van der Waals surface area contributed by atoms with Crippen LogP contribution in [0.5, 0.6) is 5.88 Å². The number of hydrogen-bond donors (Lipinski definition) is 0. The number of furan rings is 1. The minimum atomic E-state index is 0.571. The average Bonchev–Trinajstić information content (AvgIpc) is 3.12. The predicted molar refractivity (Wildman–Crippen MR) is 101 cm³/mol. The summed E-state index contributed by atoms with van der Waals surface area (Å²) in [5, 5.41) is 0. The van der Waals surface area contributed by atoms with Crippen LogP contribution in [0.25, 0.3) is 33.6 Å². The Morgan fingerprint density at radius 1 is 0.920 bits per heavy atom. The number of pyridine rings is 2. The zero-order valence-corrected chi connectivity index (χ0v) is 14.7. The first-order valence-corrected chi connectivity index (χ1v) is 9.04. The fourth-order valence-electron chi connectivity index (χ4n) is 2.75. The molecule has 0 unspecified atom stereocenters. The summed E-state index contributed by atoms with van der Waals surface area (Å²) in [7, 11) is 1.61. The predicted octanol–water partition coefficient (Wildman–Crippen LogP) is 5.29. The SMILES string of the molecule is COc1cc(-c2ccnc3cc(-c4ccc(SC)cc4)oc23)ccn1. The van der Waals surface area contributed by atoms with Crippen molar-refractivity contribution in [1.29, 1.82) is 0 Å². The summed E-state index contributed by atoms with van der Waals surface area (Å²) in [5.74, 6) is 1.38. The van der Waals surface area contributed by atoms with Crippen LogP contribution >= 0.6 is 11.8 Å². The van der Waals surface area contributed by atoms with Crippen molar-refractivity contribution < 1.29 is 9.15 Å². The van der Waals surface area contributed by atoms with E-state index in [1.165, 1.54) is 4.90 Å². The number of rotatable bonds is 4. The molecule has 124 valence electrons. The first-order chi connectivity index (χ1) is 12.3. The minimum absolute atomic E-state index is 0.571. The Hall–Kier alpha value is -2.79. The molecule has 0 radical (unpaired) electrons. The molecule has 3 aromatic heterocycles. The molecule has 0 saturated heterocycles. The summed E-state index contributed by atoms with van der Waals surface area (Å²) in [6.45, 7) is 0. The summed E-state index contributed by atoms with van der Waals surface area (Å²) in [6.07, 6.45) is 5.58. The van der Waals surface area contributed by atoms with E-state index in [1.54, 1.807) is 31.3 Å². The van der Waals surface area contributed by atoms with E-state index in [1.807, 2.05) is 24.3 Å². The molecule has 3 heterocycles. The zero-order valence-electron chi connectivity index (χ0n) is 13.9. The zero-order chi connectivity index (χ0) is 17.2. The molecule has 0 aliphatic heterocycles. The molecule has 0 saturated carbocycles. The Labute approximate surface area is 149 Å². The number of hydrogen-bond acceptors (Lipinski definition) is 5. The maximum Gasteiger partial charge on any atom is 0.213 e. The van der Waals surface area contributed by atoms with Crippen LogP contribution in [0.3, 0.4) is 0 Å². The number of benzene rings is 1. The first-order valence-electron chi connectivity index (χ1n) is 7.82. The van der Waals surface area contributed by atoms with Gasteiger partial charge in [-0.05, 0) is 36.1 Å². The minimum Gasteiger partial charge on any atom is -0.481 e. The van der Waals surface area contributed by atoms with Gasteiger partial charge in [-0.15, -0.1) is 11.8 Å². The van der Waals surface area contributed by atoms with Gasteiger partial charge in [-0.2, -0.15) is 0 Å². The number of methoxy groups -OCH3 is 1. The third kappa shape index (κ3) is 2.98. The summed E-state index contributed by atoms with van der Waals surface area (Å²) in [6, 6.07) is 16.1. The molecule has 4 aromatic rings. The van der Waals surface area contributed by atoms with E-state index in [2.05, 4.69) is 40.5 Å². The van der Waals surface area contributed by atoms with Crippen molar-refractivity contribution in [3.8, 4) is 28.3 Å². The molecule has 1 aromatic carbocycles. The van der Waals surface area contributed by atoms with E-state index < -0.39 is 0 Å². The Morgan fingerprint density at radius 2 is 1.72 bits per heavy atom. The van der Waals surface area contributed by atoms with Crippen LogP contribution in [0, 0.1) is 0 Å². The second-order valence-electron chi connectivity index (χ2n) is 5.50. The molecule has 0 spiro atoms. The van der Waals surface area contributed by atoms with Gasteiger partial charge in [0.25, 0.3) is 0 Å². The van der Waals surface area contributed by atoms with Gasteiger partial charge in [0.2, 0.25) is 5.88 Å². The van der Waals surface area contributed by atoms with Gasteiger partial charge in [0.05, 0.1) is 7.11 Å². The lowest BCUT2D eigenvalue weighted by Crippen LogP contribution is -1.88. The van der Waals surface area contributed by atoms with Crippen molar-refractivity contribution in [2.75, 3.05) is 13.4 Å². The van der Waals surface area contributed by atoms with Gasteiger partial charge in [0.15, 0.2) is 5.58 Å². The van der Waals surface area contributed by atoms with E-state index in [9.17, 15) is 0 Å². The highest BCUT2D eigenvalue weighted by atomic mass is 32.2. The van der Waals surface area contributed by atoms with Crippen LogP contribution in [0.2, 0.25) is 0 Å². The smallest absolute Gasteiger partial charge is 0.213 e. The molecule has 0 N–H and O–H groups in total. The van der Waals surface area contributed by atoms with E-state index in [0.29, 0.717) is 5.88 Å². The molecular formula is C20H16N2O2S. The van der Waals surface area contributed by atoms with Crippen molar-refractivity contribution in [3.05, 3.63) is 60.9 Å². The van der Waals surface area contributed by atoms with Crippen molar-refractivity contribution in [2.45, 2.75) is 4.90 Å². The number of fused-ring (bicyclic) bond motifs is 1. The standard InChI is InChI=1S/C20H16N2O2S/c1-23-19-11-14(7-9-22-19)16-8-10-21-17-12-18(24-20(16)17)13-3-5-15(25-2)6-4-13/h3-12H,1-2H3. The lowest BCUT2D eigenvalue weighted by atomic mass is 10.1. The van der Waals surface area contributed by atoms with Crippen LogP contribution in [-0.4, -0.2) is 23.3 Å². The maximum atomic E-state index is 6.16. The van der Waals surface area contributed by atoms with Crippen molar-refractivity contribution in [2.24, 2.45) is 0 Å². The molecule has 5 heteroatoms. The Morgan fingerprint density at radius 3 is 2.48 bits per heavy atom. The van der Waals surface area contributed by atoms with Gasteiger partial charge in [0, 0.05) is 40.5 Å². The Kier molecular flexibility index (Phi) is 4.15. The highest BCUT2D eigenvalue weighted by molar-refractivity contribution is 7.98. The quantitative estimate of drug-likeness (QED) is 0.469. The summed E-state index contributed by atoms with van der Waals surface area (Å²) >= 11 is 1.72. The monoisotopic (exact) mass is 348 g/mol. The topological polar surface area (TPSA) is 48.2 Å². The Balaban J connectivity index is 1.82. The summed E-state index contributed by atoms with van der Waals surface area (Å²) in [4.78, 5) is 9.83. The molecule has 0 aliphatic rings. The molecule has 0 amide bonds. The van der Waals surface area contributed by atoms with Gasteiger partial charge in [-0.25, -0.2) is 4.98 Å². The highest BCUT2D eigenvalue weighted by Crippen LogP contribution is 2.34. The molecule has 0 fully saturated rings. The van der Waals surface area contributed by atoms with Gasteiger partial charge >= 0.3 is 0 Å². The number of thioether (sulfide) groups is 1. The van der Waals surface area contributed by atoms with Crippen LogP contribution in [0.1, 0.15) is 0 Å². The average molecular weight is 348 g/mol. The highest BCUT2D eigenvalue weighted by Gasteiger charge is 2.13. The molecule has 4 rings (SSSR count). The largest absolute Gasteiger partial charge is 0.481 e. The van der Waals surface area contributed by atoms with Crippen molar-refractivity contribution >= 4 is 22.9 Å². The summed E-state index contributed by atoms with van der Waals surface area (Å²) in [5.41, 5.74) is 4.58. The van der Waals surface area contributed by atoms with Gasteiger partial charge < -0.3 is 9.15 Å². The van der Waals surface area contributed by atoms with Gasteiger partial charge in [0.1, 0.15) is 11.3 Å². The van der Waals surface area contributed by atoms with E-state index in [4.69, 9.17) is 9.15 Å². The fourth-order valence-corrected chi connectivity index (χ4v) is 3.16. The van der Waals surface area contributed by atoms with Crippen molar-refractivity contribution in [3.63, 3.8) is 0 Å². The van der Waals surface area contributed by atoms with Crippen LogP contribution in [0.15, 0.2) is 70.2 Å². The van der Waals surface area contributed by atoms with Crippen LogP contribution < -0.4 is 4.74 Å². The third-order valence-corrected chi connectivity index (χ3v) is 4.79. The van der Waals surface area contributed by atoms with Crippen LogP contribution in [0.4, 0.5) is 0 Å². The van der Waals surface area contributed by atoms with E-state index in [0.717, 1.165) is 33.6 Å². The number of ether oxygens (including phenoxy) is 1. The van der Waals surface area contributed by atoms with Crippen LogP contribution in [-0.2, 0) is 0 Å². The second-order valence-corrected chi connectivity index (χ2v) is 6.38. The number of aromatic nitrogens is 2. The fraction of sp³-hybridized carbons (Fsp3) is 0.100. The second kappa shape index (κ2) is 6.61. The van der Waals surface area contributed by atoms with Crippen molar-refractivity contribution in [1.82, 2.24) is 9.97 Å².